The van der Waals surface area contributed by atoms with Crippen molar-refractivity contribution in [2.45, 2.75) is 13.8 Å². The number of hydrogen-bond acceptors (Lipinski definition) is 4. The molecule has 0 saturated heterocycles. The zero-order valence-electron chi connectivity index (χ0n) is 9.66. The Kier molecular flexibility index (Phi) is 3.15. The molecule has 1 heterocycles. The van der Waals surface area contributed by atoms with Gasteiger partial charge in [-0.3, -0.25) is 0 Å². The SMILES string of the molecule is Cc1cc(Nc2ccc(Cl)cc2C)nc(N)n1. The van der Waals surface area contributed by atoms with Crippen LogP contribution in [0, 0.1) is 13.8 Å². The van der Waals surface area contributed by atoms with E-state index in [-0.39, 0.29) is 5.95 Å². The van der Waals surface area contributed by atoms with E-state index in [1.165, 1.54) is 0 Å². The van der Waals surface area contributed by atoms with Gasteiger partial charge in [-0.25, -0.2) is 4.98 Å². The van der Waals surface area contributed by atoms with E-state index in [2.05, 4.69) is 15.3 Å². The maximum absolute atomic E-state index is 5.90. The van der Waals surface area contributed by atoms with Crippen molar-refractivity contribution < 1.29 is 0 Å². The van der Waals surface area contributed by atoms with Gasteiger partial charge in [-0.15, -0.1) is 0 Å². The summed E-state index contributed by atoms with van der Waals surface area (Å²) in [5.41, 5.74) is 8.42. The Morgan fingerprint density at radius 2 is 1.94 bits per heavy atom. The summed E-state index contributed by atoms with van der Waals surface area (Å²) in [6.45, 7) is 3.85. The van der Waals surface area contributed by atoms with Crippen LogP contribution in [0.5, 0.6) is 0 Å². The standard InChI is InChI=1S/C12H13ClN4/c1-7-5-9(13)3-4-10(7)16-11-6-8(2)15-12(14)17-11/h3-6H,1-2H3,(H3,14,15,16,17). The molecular formula is C12H13ClN4. The molecule has 0 spiro atoms. The lowest BCUT2D eigenvalue weighted by Gasteiger charge is -2.09. The molecule has 4 nitrogen and oxygen atoms in total. The minimum absolute atomic E-state index is 0.263. The number of anilines is 3. The van der Waals surface area contributed by atoms with Crippen LogP contribution < -0.4 is 11.1 Å². The highest BCUT2D eigenvalue weighted by Crippen LogP contribution is 2.23. The first kappa shape index (κ1) is 11.7. The van der Waals surface area contributed by atoms with Crippen LogP contribution in [0.1, 0.15) is 11.3 Å². The summed E-state index contributed by atoms with van der Waals surface area (Å²) in [4.78, 5) is 8.13. The van der Waals surface area contributed by atoms with E-state index in [1.54, 1.807) is 0 Å². The number of halogens is 1. The number of nitrogen functional groups attached to an aromatic ring is 1. The number of rotatable bonds is 2. The molecule has 0 atom stereocenters. The van der Waals surface area contributed by atoms with Gasteiger partial charge >= 0.3 is 0 Å². The predicted octanol–water partition coefficient (Wildman–Crippen LogP) is 3.07. The Bertz CT molecular complexity index is 534. The Labute approximate surface area is 105 Å². The van der Waals surface area contributed by atoms with Crippen LogP contribution in [0.15, 0.2) is 24.3 Å². The zero-order valence-corrected chi connectivity index (χ0v) is 10.4. The van der Waals surface area contributed by atoms with Crippen LogP contribution in [0.25, 0.3) is 0 Å². The smallest absolute Gasteiger partial charge is 0.222 e. The molecule has 1 aromatic heterocycles. The molecule has 0 aliphatic carbocycles. The average Bonchev–Trinajstić information content (AvgIpc) is 2.21. The lowest BCUT2D eigenvalue weighted by Crippen LogP contribution is -2.02. The lowest BCUT2D eigenvalue weighted by molar-refractivity contribution is 1.12. The normalized spacial score (nSPS) is 10.3. The van der Waals surface area contributed by atoms with Crippen molar-refractivity contribution in [3.8, 4) is 0 Å². The lowest BCUT2D eigenvalue weighted by atomic mass is 10.2. The average molecular weight is 249 g/mol. The van der Waals surface area contributed by atoms with Crippen LogP contribution in [-0.4, -0.2) is 9.97 Å². The summed E-state index contributed by atoms with van der Waals surface area (Å²) in [5, 5.41) is 3.91. The van der Waals surface area contributed by atoms with Crippen LogP contribution in [0.3, 0.4) is 0 Å². The predicted molar refractivity (Wildman–Crippen MR) is 70.7 cm³/mol. The number of nitrogens with two attached hydrogens (primary N) is 1. The molecule has 0 aliphatic rings. The minimum atomic E-state index is 0.263. The highest BCUT2D eigenvalue weighted by Gasteiger charge is 2.03. The van der Waals surface area contributed by atoms with E-state index in [9.17, 15) is 0 Å². The van der Waals surface area contributed by atoms with Crippen molar-refractivity contribution in [3.05, 3.63) is 40.5 Å². The molecule has 0 aliphatic heterocycles. The van der Waals surface area contributed by atoms with Crippen molar-refractivity contribution in [2.75, 3.05) is 11.1 Å². The van der Waals surface area contributed by atoms with Gasteiger partial charge in [0.05, 0.1) is 0 Å². The summed E-state index contributed by atoms with van der Waals surface area (Å²) in [6.07, 6.45) is 0. The molecule has 1 aromatic carbocycles. The third-order valence-electron chi connectivity index (χ3n) is 2.32. The molecule has 0 radical (unpaired) electrons. The highest BCUT2D eigenvalue weighted by molar-refractivity contribution is 6.30. The highest BCUT2D eigenvalue weighted by atomic mass is 35.5. The van der Waals surface area contributed by atoms with Gasteiger partial charge < -0.3 is 11.1 Å². The Morgan fingerprint density at radius 3 is 2.59 bits per heavy atom. The number of aryl methyl sites for hydroxylation is 2. The number of hydrogen-bond donors (Lipinski definition) is 2. The van der Waals surface area contributed by atoms with Gasteiger partial charge in [-0.05, 0) is 37.6 Å². The van der Waals surface area contributed by atoms with E-state index in [0.717, 1.165) is 16.9 Å². The van der Waals surface area contributed by atoms with Gasteiger partial charge in [-0.2, -0.15) is 4.98 Å². The first-order valence-electron chi connectivity index (χ1n) is 5.19. The fourth-order valence-electron chi connectivity index (χ4n) is 1.56. The molecule has 0 fully saturated rings. The molecule has 0 amide bonds. The van der Waals surface area contributed by atoms with Gasteiger partial charge in [-0.1, -0.05) is 11.6 Å². The van der Waals surface area contributed by atoms with E-state index < -0.39 is 0 Å². The third-order valence-corrected chi connectivity index (χ3v) is 2.56. The minimum Gasteiger partial charge on any atom is -0.368 e. The van der Waals surface area contributed by atoms with Crippen LogP contribution in [-0.2, 0) is 0 Å². The van der Waals surface area contributed by atoms with Crippen molar-refractivity contribution in [1.29, 1.82) is 0 Å². The molecule has 0 unspecified atom stereocenters. The van der Waals surface area contributed by atoms with E-state index >= 15 is 0 Å². The fourth-order valence-corrected chi connectivity index (χ4v) is 1.79. The molecule has 2 rings (SSSR count). The van der Waals surface area contributed by atoms with Crippen LogP contribution in [0.2, 0.25) is 5.02 Å². The maximum atomic E-state index is 5.90. The molecular weight excluding hydrogens is 236 g/mol. The summed E-state index contributed by atoms with van der Waals surface area (Å²) >= 11 is 5.90. The van der Waals surface area contributed by atoms with Crippen LogP contribution in [0.4, 0.5) is 17.5 Å². The second-order valence-electron chi connectivity index (χ2n) is 3.84. The number of nitrogens with one attached hydrogen (secondary N) is 1. The van der Waals surface area contributed by atoms with E-state index in [1.807, 2.05) is 38.1 Å². The van der Waals surface area contributed by atoms with Crippen LogP contribution >= 0.6 is 11.6 Å². The first-order valence-corrected chi connectivity index (χ1v) is 5.57. The second kappa shape index (κ2) is 4.59. The summed E-state index contributed by atoms with van der Waals surface area (Å²) < 4.78 is 0. The maximum Gasteiger partial charge on any atom is 0.222 e. The van der Waals surface area contributed by atoms with Crippen molar-refractivity contribution in [2.24, 2.45) is 0 Å². The van der Waals surface area contributed by atoms with Gasteiger partial charge in [0.25, 0.3) is 0 Å². The molecule has 0 saturated carbocycles. The van der Waals surface area contributed by atoms with Gasteiger partial charge in [0.15, 0.2) is 0 Å². The molecule has 5 heteroatoms. The molecule has 3 N–H and O–H groups in total. The summed E-state index contributed by atoms with van der Waals surface area (Å²) in [5.74, 6) is 0.944. The third kappa shape index (κ3) is 2.85. The summed E-state index contributed by atoms with van der Waals surface area (Å²) in [7, 11) is 0. The molecule has 2 aromatic rings. The van der Waals surface area contributed by atoms with E-state index in [0.29, 0.717) is 10.8 Å². The monoisotopic (exact) mass is 248 g/mol. The Balaban J connectivity index is 2.31. The van der Waals surface area contributed by atoms with Gasteiger partial charge in [0, 0.05) is 22.5 Å². The fraction of sp³-hybridized carbons (Fsp3) is 0.167. The topological polar surface area (TPSA) is 63.8 Å². The largest absolute Gasteiger partial charge is 0.368 e. The van der Waals surface area contributed by atoms with Crippen molar-refractivity contribution >= 4 is 29.1 Å². The van der Waals surface area contributed by atoms with Crippen molar-refractivity contribution in [3.63, 3.8) is 0 Å². The molecule has 0 bridgehead atoms. The first-order chi connectivity index (χ1) is 8.04. The number of benzene rings is 1. The number of aromatic nitrogens is 2. The zero-order chi connectivity index (χ0) is 12.4. The quantitative estimate of drug-likeness (QED) is 0.857. The Hall–Kier alpha value is -1.81. The van der Waals surface area contributed by atoms with E-state index in [4.69, 9.17) is 17.3 Å². The summed E-state index contributed by atoms with van der Waals surface area (Å²) in [6, 6.07) is 7.46. The van der Waals surface area contributed by atoms with Crippen molar-refractivity contribution in [1.82, 2.24) is 9.97 Å². The Morgan fingerprint density at radius 1 is 1.18 bits per heavy atom. The molecule has 17 heavy (non-hydrogen) atoms. The number of nitrogens with zero attached hydrogens (tertiary/aromatic N) is 2. The second-order valence-corrected chi connectivity index (χ2v) is 4.27. The molecule has 88 valence electrons. The van der Waals surface area contributed by atoms with Gasteiger partial charge in [0.2, 0.25) is 5.95 Å². The van der Waals surface area contributed by atoms with Gasteiger partial charge in [0.1, 0.15) is 5.82 Å².